The summed E-state index contributed by atoms with van der Waals surface area (Å²) in [5.74, 6) is 0.0868. The largest absolute Gasteiger partial charge is 0.321 e. The minimum Gasteiger partial charge on any atom is -0.321 e. The van der Waals surface area contributed by atoms with Gasteiger partial charge >= 0.3 is 0 Å². The van der Waals surface area contributed by atoms with Gasteiger partial charge in [-0.3, -0.25) is 15.2 Å². The molecule has 0 atom stereocenters. The van der Waals surface area contributed by atoms with E-state index in [0.29, 0.717) is 6.42 Å². The van der Waals surface area contributed by atoms with Gasteiger partial charge in [0.25, 0.3) is 0 Å². The summed E-state index contributed by atoms with van der Waals surface area (Å²) in [7, 11) is 0. The Balaban J connectivity index is 1.87. The molecule has 1 aromatic carbocycles. The van der Waals surface area contributed by atoms with Crippen LogP contribution in [0.15, 0.2) is 24.3 Å². The molecular weight excluding hydrogens is 226 g/mol. The van der Waals surface area contributed by atoms with Crippen LogP contribution >= 0.6 is 0 Å². The first kappa shape index (κ1) is 11.5. The number of carbonyl (C=O) groups is 1. The highest BCUT2D eigenvalue weighted by molar-refractivity contribution is 5.81. The van der Waals surface area contributed by atoms with E-state index < -0.39 is 0 Å². The minimum atomic E-state index is -0.167. The quantitative estimate of drug-likeness (QED) is 0.833. The van der Waals surface area contributed by atoms with E-state index in [9.17, 15) is 4.79 Å². The van der Waals surface area contributed by atoms with E-state index in [1.807, 2.05) is 17.1 Å². The topological polar surface area (TPSA) is 58.4 Å². The zero-order valence-corrected chi connectivity index (χ0v) is 10.5. The van der Waals surface area contributed by atoms with E-state index in [1.165, 1.54) is 18.4 Å². The maximum absolute atomic E-state index is 11.3. The highest BCUT2D eigenvalue weighted by atomic mass is 16.2. The summed E-state index contributed by atoms with van der Waals surface area (Å²) < 4.78 is 0. The Morgan fingerprint density at radius 2 is 2.06 bits per heavy atom. The number of amides is 1. The van der Waals surface area contributed by atoms with Crippen molar-refractivity contribution in [1.29, 1.82) is 0 Å². The van der Waals surface area contributed by atoms with Crippen LogP contribution in [0.2, 0.25) is 0 Å². The van der Waals surface area contributed by atoms with Gasteiger partial charge in [0, 0.05) is 18.5 Å². The molecule has 0 spiro atoms. The molecule has 0 aromatic heterocycles. The molecule has 18 heavy (non-hydrogen) atoms. The smallest absolute Gasteiger partial charge is 0.240 e. The van der Waals surface area contributed by atoms with Crippen molar-refractivity contribution in [3.8, 4) is 0 Å². The van der Waals surface area contributed by atoms with Crippen LogP contribution in [-0.4, -0.2) is 12.5 Å². The molecule has 0 radical (unpaired) electrons. The number of nitrogens with two attached hydrogens (primary N) is 1. The van der Waals surface area contributed by atoms with Crippen molar-refractivity contribution in [2.75, 3.05) is 11.6 Å². The fourth-order valence-corrected chi connectivity index (χ4v) is 2.95. The second-order valence-corrected chi connectivity index (χ2v) is 5.35. The minimum absolute atomic E-state index is 0.0868. The lowest BCUT2D eigenvalue weighted by atomic mass is 9.89. The first-order valence-electron chi connectivity index (χ1n) is 6.64. The second-order valence-electron chi connectivity index (χ2n) is 5.35. The number of hydrogen-bond donors (Lipinski definition) is 2. The highest BCUT2D eigenvalue weighted by Crippen LogP contribution is 2.37. The van der Waals surface area contributed by atoms with Gasteiger partial charge in [0.15, 0.2) is 0 Å². The zero-order valence-electron chi connectivity index (χ0n) is 10.5. The molecule has 1 amide bonds. The summed E-state index contributed by atoms with van der Waals surface area (Å²) in [5, 5.41) is 1.91. The monoisotopic (exact) mass is 245 g/mol. The third-order valence-corrected chi connectivity index (χ3v) is 4.05. The molecule has 96 valence electrons. The fourth-order valence-electron chi connectivity index (χ4n) is 2.95. The summed E-state index contributed by atoms with van der Waals surface area (Å²) in [6.45, 7) is 0.736. The van der Waals surface area contributed by atoms with E-state index in [0.717, 1.165) is 25.1 Å². The molecule has 4 heteroatoms. The van der Waals surface area contributed by atoms with Gasteiger partial charge in [-0.15, -0.1) is 0 Å². The molecule has 1 aromatic rings. The third-order valence-electron chi connectivity index (χ3n) is 4.05. The molecule has 1 saturated heterocycles. The Bertz CT molecular complexity index is 466. The van der Waals surface area contributed by atoms with E-state index in [-0.39, 0.29) is 11.4 Å². The number of benzene rings is 1. The van der Waals surface area contributed by atoms with Gasteiger partial charge in [0.1, 0.15) is 0 Å². The molecule has 1 heterocycles. The van der Waals surface area contributed by atoms with Crippen molar-refractivity contribution in [3.63, 3.8) is 0 Å². The maximum Gasteiger partial charge on any atom is 0.240 e. The zero-order chi connectivity index (χ0) is 12.6. The Morgan fingerprint density at radius 1 is 1.28 bits per heavy atom. The number of hydrogen-bond acceptors (Lipinski definition) is 3. The fraction of sp³-hybridized carbons (Fsp3) is 0.500. The van der Waals surface area contributed by atoms with Gasteiger partial charge in [0.2, 0.25) is 5.91 Å². The molecule has 0 unspecified atom stereocenters. The standard InChI is InChI=1S/C14H19N3O/c15-14(7-1-2-8-14)11-4-3-5-12(10-11)17-9-6-13(18)16-17/h3-5,10H,1-2,6-9,15H2,(H,16,18). The lowest BCUT2D eigenvalue weighted by molar-refractivity contribution is -0.119. The molecule has 1 aliphatic carbocycles. The maximum atomic E-state index is 11.3. The van der Waals surface area contributed by atoms with Crippen molar-refractivity contribution in [2.24, 2.45) is 5.73 Å². The Kier molecular flexibility index (Phi) is 2.74. The lowest BCUT2D eigenvalue weighted by Crippen LogP contribution is -2.35. The number of anilines is 1. The molecule has 1 aliphatic heterocycles. The predicted octanol–water partition coefficient (Wildman–Crippen LogP) is 1.66. The van der Waals surface area contributed by atoms with Crippen LogP contribution in [-0.2, 0) is 10.3 Å². The highest BCUT2D eigenvalue weighted by Gasteiger charge is 2.31. The van der Waals surface area contributed by atoms with Crippen molar-refractivity contribution >= 4 is 11.6 Å². The SMILES string of the molecule is NC1(c2cccc(N3CCC(=O)N3)c2)CCCC1. The van der Waals surface area contributed by atoms with Crippen molar-refractivity contribution in [2.45, 2.75) is 37.6 Å². The van der Waals surface area contributed by atoms with Crippen LogP contribution in [0.3, 0.4) is 0 Å². The molecule has 3 N–H and O–H groups in total. The molecule has 2 fully saturated rings. The molecular formula is C14H19N3O. The Hall–Kier alpha value is -1.55. The number of hydrazine groups is 1. The summed E-state index contributed by atoms with van der Waals surface area (Å²) >= 11 is 0. The summed E-state index contributed by atoms with van der Waals surface area (Å²) in [4.78, 5) is 11.3. The van der Waals surface area contributed by atoms with Crippen molar-refractivity contribution in [3.05, 3.63) is 29.8 Å². The van der Waals surface area contributed by atoms with E-state index >= 15 is 0 Å². The van der Waals surface area contributed by atoms with Crippen LogP contribution in [0.25, 0.3) is 0 Å². The average Bonchev–Trinajstić information content (AvgIpc) is 2.99. The van der Waals surface area contributed by atoms with Crippen LogP contribution < -0.4 is 16.2 Å². The summed E-state index contributed by atoms with van der Waals surface area (Å²) in [6.07, 6.45) is 5.10. The van der Waals surface area contributed by atoms with Gasteiger partial charge in [-0.2, -0.15) is 0 Å². The predicted molar refractivity (Wildman–Crippen MR) is 70.9 cm³/mol. The second kappa shape index (κ2) is 4.28. The van der Waals surface area contributed by atoms with Crippen molar-refractivity contribution in [1.82, 2.24) is 5.43 Å². The summed E-state index contributed by atoms with van der Waals surface area (Å²) in [5.41, 5.74) is 11.4. The number of nitrogens with zero attached hydrogens (tertiary/aromatic N) is 1. The summed E-state index contributed by atoms with van der Waals surface area (Å²) in [6, 6.07) is 8.28. The molecule has 0 bridgehead atoms. The van der Waals surface area contributed by atoms with Gasteiger partial charge in [-0.25, -0.2) is 0 Å². The van der Waals surface area contributed by atoms with Crippen LogP contribution in [0.5, 0.6) is 0 Å². The molecule has 1 saturated carbocycles. The van der Waals surface area contributed by atoms with Gasteiger partial charge < -0.3 is 5.73 Å². The van der Waals surface area contributed by atoms with Crippen molar-refractivity contribution < 1.29 is 4.79 Å². The number of carbonyl (C=O) groups excluding carboxylic acids is 1. The van der Waals surface area contributed by atoms with Crippen LogP contribution in [0, 0.1) is 0 Å². The van der Waals surface area contributed by atoms with E-state index in [4.69, 9.17) is 5.73 Å². The lowest BCUT2D eigenvalue weighted by Gasteiger charge is -2.26. The van der Waals surface area contributed by atoms with Gasteiger partial charge in [-0.05, 0) is 30.5 Å². The Morgan fingerprint density at radius 3 is 2.72 bits per heavy atom. The number of nitrogens with one attached hydrogen (secondary N) is 1. The Labute approximate surface area is 107 Å². The van der Waals surface area contributed by atoms with Gasteiger partial charge in [-0.1, -0.05) is 25.0 Å². The van der Waals surface area contributed by atoms with E-state index in [2.05, 4.69) is 17.6 Å². The molecule has 3 rings (SSSR count). The first-order chi connectivity index (χ1) is 8.67. The van der Waals surface area contributed by atoms with E-state index in [1.54, 1.807) is 0 Å². The first-order valence-corrected chi connectivity index (χ1v) is 6.64. The normalized spacial score (nSPS) is 22.3. The number of rotatable bonds is 2. The van der Waals surface area contributed by atoms with Crippen LogP contribution in [0.4, 0.5) is 5.69 Å². The average molecular weight is 245 g/mol. The molecule has 2 aliphatic rings. The van der Waals surface area contributed by atoms with Crippen LogP contribution in [0.1, 0.15) is 37.7 Å². The van der Waals surface area contributed by atoms with Gasteiger partial charge in [0.05, 0.1) is 5.69 Å². The molecule has 4 nitrogen and oxygen atoms in total. The third kappa shape index (κ3) is 1.97.